The summed E-state index contributed by atoms with van der Waals surface area (Å²) in [7, 11) is 1.48. The Morgan fingerprint density at radius 1 is 1.26 bits per heavy atom. The third kappa shape index (κ3) is 5.10. The Morgan fingerprint density at radius 3 is 2.58 bits per heavy atom. The van der Waals surface area contributed by atoms with Crippen LogP contribution in [-0.4, -0.2) is 34.3 Å². The van der Waals surface area contributed by atoms with Gasteiger partial charge in [0.25, 0.3) is 5.56 Å². The van der Waals surface area contributed by atoms with Crippen LogP contribution in [0.25, 0.3) is 11.4 Å². The number of aliphatic hydroxyl groups excluding tert-OH is 1. The number of hydrogen-bond acceptors (Lipinski definition) is 5. The fraction of sp³-hybridized carbons (Fsp3) is 0.227. The predicted molar refractivity (Wildman–Crippen MR) is 116 cm³/mol. The molecule has 7 nitrogen and oxygen atoms in total. The zero-order valence-corrected chi connectivity index (χ0v) is 17.7. The number of anilines is 1. The first kappa shape index (κ1) is 22.5. The van der Waals surface area contributed by atoms with Gasteiger partial charge in [-0.15, -0.1) is 0 Å². The van der Waals surface area contributed by atoms with Gasteiger partial charge < -0.3 is 15.2 Å². The first-order chi connectivity index (χ1) is 14.8. The average molecular weight is 446 g/mol. The molecule has 2 aromatic carbocycles. The third-order valence-corrected chi connectivity index (χ3v) is 4.97. The predicted octanol–water partition coefficient (Wildman–Crippen LogP) is 3.19. The van der Waals surface area contributed by atoms with Gasteiger partial charge in [-0.25, -0.2) is 9.37 Å². The Morgan fingerprint density at radius 2 is 1.97 bits per heavy atom. The molecule has 0 saturated heterocycles. The summed E-state index contributed by atoms with van der Waals surface area (Å²) in [6, 6.07) is 10.2. The monoisotopic (exact) mass is 445 g/mol. The minimum Gasteiger partial charge on any atom is -0.495 e. The minimum absolute atomic E-state index is 0.108. The van der Waals surface area contributed by atoms with Gasteiger partial charge in [0.15, 0.2) is 0 Å². The number of aliphatic hydroxyl groups is 1. The van der Waals surface area contributed by atoms with Crippen LogP contribution in [0.4, 0.5) is 10.1 Å². The number of aryl methyl sites for hydroxylation is 1. The van der Waals surface area contributed by atoms with Crippen molar-refractivity contribution in [1.29, 1.82) is 0 Å². The minimum atomic E-state index is -0.479. The van der Waals surface area contributed by atoms with E-state index in [-0.39, 0.29) is 25.4 Å². The van der Waals surface area contributed by atoms with Crippen LogP contribution < -0.4 is 15.6 Å². The molecule has 3 rings (SSSR count). The standard InChI is InChI=1S/C22H21ClFN3O4/c1-13-17(9-10-28)22(30)27(21(25-13)14-3-5-15(24)6-4-14)12-20(29)26-16-7-8-19(31-2)18(23)11-16/h3-8,11,28H,9-10,12H2,1-2H3,(H,26,29). The highest BCUT2D eigenvalue weighted by Gasteiger charge is 2.18. The number of methoxy groups -OCH3 is 1. The summed E-state index contributed by atoms with van der Waals surface area (Å²) < 4.78 is 19.7. The zero-order valence-electron chi connectivity index (χ0n) is 17.0. The van der Waals surface area contributed by atoms with Gasteiger partial charge in [0.05, 0.1) is 12.1 Å². The molecule has 162 valence electrons. The number of aromatic nitrogens is 2. The molecule has 1 amide bonds. The summed E-state index contributed by atoms with van der Waals surface area (Å²) in [5, 5.41) is 12.3. The van der Waals surface area contributed by atoms with E-state index >= 15 is 0 Å². The molecule has 0 aliphatic carbocycles. The van der Waals surface area contributed by atoms with E-state index in [1.54, 1.807) is 19.1 Å². The molecular weight excluding hydrogens is 425 g/mol. The average Bonchev–Trinajstić information content (AvgIpc) is 2.74. The quantitative estimate of drug-likeness (QED) is 0.582. The number of nitrogens with zero attached hydrogens (tertiary/aromatic N) is 2. The van der Waals surface area contributed by atoms with E-state index < -0.39 is 17.3 Å². The van der Waals surface area contributed by atoms with E-state index in [2.05, 4.69) is 10.3 Å². The number of halogens is 2. The Bertz CT molecular complexity index is 1160. The highest BCUT2D eigenvalue weighted by Crippen LogP contribution is 2.27. The van der Waals surface area contributed by atoms with E-state index in [0.717, 1.165) is 0 Å². The summed E-state index contributed by atoms with van der Waals surface area (Å²) in [4.78, 5) is 30.3. The van der Waals surface area contributed by atoms with Crippen LogP contribution in [0.15, 0.2) is 47.3 Å². The summed E-state index contributed by atoms with van der Waals surface area (Å²) in [5.41, 5.74) is 1.23. The largest absolute Gasteiger partial charge is 0.495 e. The zero-order chi connectivity index (χ0) is 22.5. The molecule has 1 heterocycles. The van der Waals surface area contributed by atoms with Gasteiger partial charge >= 0.3 is 0 Å². The van der Waals surface area contributed by atoms with Gasteiger partial charge in [-0.3, -0.25) is 14.2 Å². The van der Waals surface area contributed by atoms with E-state index in [1.165, 1.54) is 42.0 Å². The number of nitrogens with one attached hydrogen (secondary N) is 1. The maximum absolute atomic E-state index is 13.4. The van der Waals surface area contributed by atoms with Crippen LogP contribution in [0.1, 0.15) is 11.3 Å². The summed E-state index contributed by atoms with van der Waals surface area (Å²) in [6.45, 7) is 1.09. The molecule has 0 fully saturated rings. The first-order valence-corrected chi connectivity index (χ1v) is 9.82. The van der Waals surface area contributed by atoms with Crippen molar-refractivity contribution < 1.29 is 19.0 Å². The lowest BCUT2D eigenvalue weighted by molar-refractivity contribution is -0.116. The number of hydrogen-bond donors (Lipinski definition) is 2. The number of rotatable bonds is 7. The number of carbonyl (C=O) groups is 1. The van der Waals surface area contributed by atoms with Gasteiger partial charge in [-0.1, -0.05) is 11.6 Å². The lowest BCUT2D eigenvalue weighted by Crippen LogP contribution is -2.33. The van der Waals surface area contributed by atoms with Crippen molar-refractivity contribution in [3.05, 3.63) is 74.9 Å². The van der Waals surface area contributed by atoms with Crippen molar-refractivity contribution in [2.45, 2.75) is 19.9 Å². The van der Waals surface area contributed by atoms with Crippen LogP contribution in [-0.2, 0) is 17.8 Å². The highest BCUT2D eigenvalue weighted by atomic mass is 35.5. The van der Waals surface area contributed by atoms with Crippen molar-refractivity contribution in [1.82, 2.24) is 9.55 Å². The molecule has 9 heteroatoms. The lowest BCUT2D eigenvalue weighted by Gasteiger charge is -2.16. The SMILES string of the molecule is COc1ccc(NC(=O)Cn2c(-c3ccc(F)cc3)nc(C)c(CCO)c2=O)cc1Cl. The third-order valence-electron chi connectivity index (χ3n) is 4.67. The fourth-order valence-electron chi connectivity index (χ4n) is 3.15. The molecular formula is C22H21ClFN3O4. The number of ether oxygens (including phenoxy) is 1. The normalized spacial score (nSPS) is 10.7. The molecule has 2 N–H and O–H groups in total. The van der Waals surface area contributed by atoms with Crippen molar-refractivity contribution in [3.8, 4) is 17.1 Å². The second kappa shape index (κ2) is 9.72. The molecule has 0 bridgehead atoms. The number of amides is 1. The second-order valence-corrected chi connectivity index (χ2v) is 7.18. The molecule has 1 aromatic heterocycles. The molecule has 3 aromatic rings. The van der Waals surface area contributed by atoms with Gasteiger partial charge in [0.2, 0.25) is 5.91 Å². The molecule has 0 atom stereocenters. The topological polar surface area (TPSA) is 93.4 Å². The van der Waals surface area contributed by atoms with Crippen molar-refractivity contribution in [2.75, 3.05) is 19.0 Å². The van der Waals surface area contributed by atoms with E-state index in [1.807, 2.05) is 0 Å². The van der Waals surface area contributed by atoms with Gasteiger partial charge in [-0.2, -0.15) is 0 Å². The Labute approximate surface area is 183 Å². The van der Waals surface area contributed by atoms with Crippen LogP contribution in [0.5, 0.6) is 5.75 Å². The molecule has 0 aliphatic heterocycles. The van der Waals surface area contributed by atoms with Gasteiger partial charge in [0.1, 0.15) is 23.9 Å². The van der Waals surface area contributed by atoms with E-state index in [9.17, 15) is 19.1 Å². The maximum atomic E-state index is 13.4. The van der Waals surface area contributed by atoms with Crippen LogP contribution in [0.2, 0.25) is 5.02 Å². The Balaban J connectivity index is 1.98. The fourth-order valence-corrected chi connectivity index (χ4v) is 3.41. The molecule has 0 unspecified atom stereocenters. The second-order valence-electron chi connectivity index (χ2n) is 6.77. The van der Waals surface area contributed by atoms with E-state index in [4.69, 9.17) is 16.3 Å². The summed E-state index contributed by atoms with van der Waals surface area (Å²) in [6.07, 6.45) is 0.108. The number of benzene rings is 2. The molecule has 0 saturated carbocycles. The molecule has 0 spiro atoms. The van der Waals surface area contributed by atoms with Gasteiger partial charge in [0, 0.05) is 35.5 Å². The van der Waals surface area contributed by atoms with E-state index in [0.29, 0.717) is 33.3 Å². The maximum Gasteiger partial charge on any atom is 0.257 e. The van der Waals surface area contributed by atoms with Gasteiger partial charge in [-0.05, 0) is 49.4 Å². The lowest BCUT2D eigenvalue weighted by atomic mass is 10.1. The first-order valence-electron chi connectivity index (χ1n) is 9.44. The Kier molecular flexibility index (Phi) is 7.04. The van der Waals surface area contributed by atoms with Crippen molar-refractivity contribution in [3.63, 3.8) is 0 Å². The molecule has 31 heavy (non-hydrogen) atoms. The molecule has 0 radical (unpaired) electrons. The summed E-state index contributed by atoms with van der Waals surface area (Å²) >= 11 is 6.09. The smallest absolute Gasteiger partial charge is 0.257 e. The van der Waals surface area contributed by atoms with Crippen LogP contribution >= 0.6 is 11.6 Å². The van der Waals surface area contributed by atoms with Crippen molar-refractivity contribution >= 4 is 23.2 Å². The van der Waals surface area contributed by atoms with Crippen molar-refractivity contribution in [2.24, 2.45) is 0 Å². The van der Waals surface area contributed by atoms with Crippen LogP contribution in [0.3, 0.4) is 0 Å². The summed E-state index contributed by atoms with van der Waals surface area (Å²) in [5.74, 6) is -0.217. The number of carbonyl (C=O) groups excluding carboxylic acids is 1. The highest BCUT2D eigenvalue weighted by molar-refractivity contribution is 6.32. The Hall–Kier alpha value is -3.23. The van der Waals surface area contributed by atoms with Crippen LogP contribution in [0, 0.1) is 12.7 Å². The molecule has 0 aliphatic rings.